The van der Waals surface area contributed by atoms with Crippen molar-refractivity contribution in [1.29, 1.82) is 0 Å². The Bertz CT molecular complexity index is 525. The number of rotatable bonds is 7. The van der Waals surface area contributed by atoms with Crippen molar-refractivity contribution in [2.24, 2.45) is 11.8 Å². The average Bonchev–Trinajstić information content (AvgIpc) is 2.59. The topological polar surface area (TPSA) is 71.1 Å². The Morgan fingerprint density at radius 3 is 2.58 bits per heavy atom. The van der Waals surface area contributed by atoms with Crippen molar-refractivity contribution < 1.29 is 9.59 Å². The minimum absolute atomic E-state index is 0.00744. The molecule has 2 N–H and O–H groups in total. The molecule has 132 valence electrons. The molecule has 1 aliphatic rings. The van der Waals surface area contributed by atoms with E-state index in [-0.39, 0.29) is 17.9 Å². The first-order chi connectivity index (χ1) is 11.6. The largest absolute Gasteiger partial charge is 0.356 e. The van der Waals surface area contributed by atoms with Gasteiger partial charge < -0.3 is 10.6 Å². The monoisotopic (exact) mass is 331 g/mol. The van der Waals surface area contributed by atoms with Gasteiger partial charge in [-0.2, -0.15) is 0 Å². The summed E-state index contributed by atoms with van der Waals surface area (Å²) in [6, 6.07) is 5.87. The first kappa shape index (κ1) is 18.4. The molecular weight excluding hydrogens is 302 g/mol. The van der Waals surface area contributed by atoms with Gasteiger partial charge in [-0.1, -0.05) is 13.0 Å². The normalized spacial score (nSPS) is 21.8. The van der Waals surface area contributed by atoms with E-state index < -0.39 is 0 Å². The molecule has 1 aromatic heterocycles. The quantitative estimate of drug-likeness (QED) is 0.807. The molecule has 1 fully saturated rings. The van der Waals surface area contributed by atoms with Gasteiger partial charge in [-0.15, -0.1) is 0 Å². The predicted molar refractivity (Wildman–Crippen MR) is 94.2 cm³/mol. The lowest BCUT2D eigenvalue weighted by Crippen LogP contribution is -2.37. The van der Waals surface area contributed by atoms with Crippen LogP contribution in [0.15, 0.2) is 24.4 Å². The molecule has 24 heavy (non-hydrogen) atoms. The van der Waals surface area contributed by atoms with Crippen LogP contribution in [0.5, 0.6) is 0 Å². The van der Waals surface area contributed by atoms with Crippen molar-refractivity contribution in [3.8, 4) is 0 Å². The summed E-state index contributed by atoms with van der Waals surface area (Å²) in [7, 11) is 0. The molecule has 0 spiro atoms. The molecule has 0 saturated heterocycles. The van der Waals surface area contributed by atoms with Crippen LogP contribution in [0.25, 0.3) is 0 Å². The molecule has 1 aromatic rings. The third kappa shape index (κ3) is 5.62. The minimum atomic E-state index is -0.00744. The summed E-state index contributed by atoms with van der Waals surface area (Å²) in [5.74, 6) is 1.10. The summed E-state index contributed by atoms with van der Waals surface area (Å²) in [6.07, 6.45) is 7.47. The van der Waals surface area contributed by atoms with Crippen molar-refractivity contribution in [3.63, 3.8) is 0 Å². The maximum atomic E-state index is 12.1. The van der Waals surface area contributed by atoms with Gasteiger partial charge in [0.1, 0.15) is 0 Å². The van der Waals surface area contributed by atoms with Gasteiger partial charge in [0, 0.05) is 26.1 Å². The maximum Gasteiger partial charge on any atom is 0.220 e. The highest BCUT2D eigenvalue weighted by atomic mass is 16.2. The van der Waals surface area contributed by atoms with Gasteiger partial charge in [-0.25, -0.2) is 0 Å². The van der Waals surface area contributed by atoms with Crippen LogP contribution in [0.1, 0.15) is 64.1 Å². The Morgan fingerprint density at radius 1 is 1.25 bits per heavy atom. The van der Waals surface area contributed by atoms with Gasteiger partial charge in [-0.05, 0) is 56.1 Å². The summed E-state index contributed by atoms with van der Waals surface area (Å²) >= 11 is 0. The number of carbonyl (C=O) groups excluding carboxylic acids is 2. The van der Waals surface area contributed by atoms with Crippen LogP contribution in [0.2, 0.25) is 0 Å². The molecule has 5 nitrogen and oxygen atoms in total. The van der Waals surface area contributed by atoms with Crippen LogP contribution in [0.3, 0.4) is 0 Å². The van der Waals surface area contributed by atoms with Crippen LogP contribution >= 0.6 is 0 Å². The number of nitrogens with zero attached hydrogens (tertiary/aromatic N) is 1. The van der Waals surface area contributed by atoms with Gasteiger partial charge in [0.15, 0.2) is 0 Å². The molecular formula is C19H29N3O2. The van der Waals surface area contributed by atoms with E-state index in [1.807, 2.05) is 25.1 Å². The van der Waals surface area contributed by atoms with Gasteiger partial charge in [0.2, 0.25) is 11.8 Å². The fourth-order valence-electron chi connectivity index (χ4n) is 3.48. The zero-order valence-corrected chi connectivity index (χ0v) is 14.8. The number of pyridine rings is 1. The second kappa shape index (κ2) is 9.40. The second-order valence-corrected chi connectivity index (χ2v) is 6.77. The fraction of sp³-hybridized carbons (Fsp3) is 0.632. The highest BCUT2D eigenvalue weighted by Crippen LogP contribution is 2.36. The highest BCUT2D eigenvalue weighted by Gasteiger charge is 2.30. The Morgan fingerprint density at radius 2 is 2.00 bits per heavy atom. The van der Waals surface area contributed by atoms with Crippen molar-refractivity contribution in [1.82, 2.24) is 15.6 Å². The number of aromatic nitrogens is 1. The van der Waals surface area contributed by atoms with E-state index >= 15 is 0 Å². The van der Waals surface area contributed by atoms with Gasteiger partial charge >= 0.3 is 0 Å². The zero-order valence-electron chi connectivity index (χ0n) is 14.8. The summed E-state index contributed by atoms with van der Waals surface area (Å²) in [6.45, 7) is 4.34. The van der Waals surface area contributed by atoms with Crippen LogP contribution < -0.4 is 10.6 Å². The van der Waals surface area contributed by atoms with Crippen molar-refractivity contribution >= 4 is 11.8 Å². The molecule has 1 atom stereocenters. The molecule has 2 rings (SSSR count). The van der Waals surface area contributed by atoms with E-state index in [0.29, 0.717) is 18.3 Å². The van der Waals surface area contributed by atoms with Gasteiger partial charge in [0.05, 0.1) is 11.7 Å². The second-order valence-electron chi connectivity index (χ2n) is 6.77. The number of nitrogens with one attached hydrogen (secondary N) is 2. The number of hydrogen-bond acceptors (Lipinski definition) is 3. The average molecular weight is 331 g/mol. The molecule has 0 bridgehead atoms. The molecule has 2 amide bonds. The van der Waals surface area contributed by atoms with Crippen molar-refractivity contribution in [3.05, 3.63) is 30.1 Å². The molecule has 1 heterocycles. The number of carbonyl (C=O) groups is 2. The third-order valence-electron chi connectivity index (χ3n) is 4.80. The van der Waals surface area contributed by atoms with Crippen LogP contribution in [0, 0.1) is 11.8 Å². The zero-order chi connectivity index (χ0) is 17.4. The van der Waals surface area contributed by atoms with E-state index in [4.69, 9.17) is 0 Å². The summed E-state index contributed by atoms with van der Waals surface area (Å²) < 4.78 is 0. The molecule has 0 radical (unpaired) electrons. The highest BCUT2D eigenvalue weighted by molar-refractivity contribution is 5.76. The Kier molecular flexibility index (Phi) is 7.22. The molecule has 1 aliphatic carbocycles. The smallest absolute Gasteiger partial charge is 0.220 e. The molecule has 0 unspecified atom stereocenters. The lowest BCUT2D eigenvalue weighted by atomic mass is 9.77. The molecule has 0 aliphatic heterocycles. The van der Waals surface area contributed by atoms with Crippen molar-refractivity contribution in [2.75, 3.05) is 6.54 Å². The van der Waals surface area contributed by atoms with Gasteiger partial charge in [0.25, 0.3) is 0 Å². The van der Waals surface area contributed by atoms with Crippen LogP contribution in [-0.2, 0) is 9.59 Å². The van der Waals surface area contributed by atoms with E-state index in [9.17, 15) is 9.59 Å². The van der Waals surface area contributed by atoms with Crippen molar-refractivity contribution in [2.45, 2.75) is 58.4 Å². The summed E-state index contributed by atoms with van der Waals surface area (Å²) in [5.41, 5.74) is 0.951. The van der Waals surface area contributed by atoms with E-state index in [1.165, 1.54) is 0 Å². The van der Waals surface area contributed by atoms with E-state index in [2.05, 4.69) is 15.6 Å². The molecule has 1 saturated carbocycles. The Balaban J connectivity index is 1.98. The first-order valence-corrected chi connectivity index (χ1v) is 9.04. The van der Waals surface area contributed by atoms with Crippen LogP contribution in [-0.4, -0.2) is 23.3 Å². The van der Waals surface area contributed by atoms with Crippen LogP contribution in [0.4, 0.5) is 0 Å². The lowest BCUT2D eigenvalue weighted by molar-refractivity contribution is -0.122. The predicted octanol–water partition coefficient (Wildman–Crippen LogP) is 2.98. The third-order valence-corrected chi connectivity index (χ3v) is 4.80. The number of amides is 2. The van der Waals surface area contributed by atoms with E-state index in [0.717, 1.165) is 44.3 Å². The lowest BCUT2D eigenvalue weighted by Gasteiger charge is -2.34. The number of hydrogen-bond donors (Lipinski definition) is 2. The maximum absolute atomic E-state index is 12.1. The SMILES string of the molecule is CCCC(=O)N[C@H](c1ccccn1)C1CCC(CNC(C)=O)CC1. The fourth-order valence-corrected chi connectivity index (χ4v) is 3.48. The van der Waals surface area contributed by atoms with E-state index in [1.54, 1.807) is 13.1 Å². The molecule has 0 aromatic carbocycles. The first-order valence-electron chi connectivity index (χ1n) is 9.04. The Hall–Kier alpha value is -1.91. The standard InChI is InChI=1S/C19H29N3O2/c1-3-6-18(24)22-19(17-7-4-5-12-20-17)16-10-8-15(9-11-16)13-21-14(2)23/h4-5,7,12,15-16,19H,3,6,8-11,13H2,1-2H3,(H,21,23)(H,22,24)/t15?,16?,19-/m0/s1. The summed E-state index contributed by atoms with van der Waals surface area (Å²) in [5, 5.41) is 6.12. The molecule has 5 heteroatoms. The Labute approximate surface area is 144 Å². The van der Waals surface area contributed by atoms with Gasteiger partial charge in [-0.3, -0.25) is 14.6 Å². The summed E-state index contributed by atoms with van der Waals surface area (Å²) in [4.78, 5) is 27.7. The minimum Gasteiger partial charge on any atom is -0.356 e.